The van der Waals surface area contributed by atoms with E-state index in [1.807, 2.05) is 18.4 Å². The number of para-hydroxylation sites is 1. The molecule has 1 N–H and O–H groups in total. The molecule has 2 aromatic carbocycles. The van der Waals surface area contributed by atoms with E-state index in [0.29, 0.717) is 18.8 Å². The molecule has 1 atom stereocenters. The lowest BCUT2D eigenvalue weighted by Crippen LogP contribution is -2.30. The predicted molar refractivity (Wildman–Crippen MR) is 123 cm³/mol. The molecule has 0 aliphatic carbocycles. The van der Waals surface area contributed by atoms with Crippen LogP contribution >= 0.6 is 11.8 Å². The standard InChI is InChI=1S/C22H26N2O6S2/c1-15(21(25)23-17-8-4-5-9-19(17)31-3)30-22(26)16-10-11-18(29-2)20(14-16)32(27,28)24-12-6-7-13-24/h4-5,8-11,14-15H,6-7,12-13H2,1-3H3,(H,23,25)/t15-/m1/s1. The molecular weight excluding hydrogens is 452 g/mol. The highest BCUT2D eigenvalue weighted by molar-refractivity contribution is 7.98. The second-order valence-corrected chi connectivity index (χ2v) is 9.97. The fraction of sp³-hybridized carbons (Fsp3) is 0.364. The largest absolute Gasteiger partial charge is 0.495 e. The second-order valence-electron chi connectivity index (χ2n) is 7.21. The number of methoxy groups -OCH3 is 1. The fourth-order valence-electron chi connectivity index (χ4n) is 3.34. The lowest BCUT2D eigenvalue weighted by Gasteiger charge is -2.19. The molecule has 1 fully saturated rings. The normalized spacial score (nSPS) is 15.2. The van der Waals surface area contributed by atoms with Gasteiger partial charge in [0.25, 0.3) is 5.91 Å². The summed E-state index contributed by atoms with van der Waals surface area (Å²) in [7, 11) is -2.44. The van der Waals surface area contributed by atoms with Crippen molar-refractivity contribution in [1.82, 2.24) is 4.31 Å². The highest BCUT2D eigenvalue weighted by Gasteiger charge is 2.31. The van der Waals surface area contributed by atoms with Crippen LogP contribution in [0.3, 0.4) is 0 Å². The summed E-state index contributed by atoms with van der Waals surface area (Å²) in [5.74, 6) is -1.14. The molecule has 0 bridgehead atoms. The molecule has 0 radical (unpaired) electrons. The molecule has 172 valence electrons. The van der Waals surface area contributed by atoms with E-state index >= 15 is 0 Å². The summed E-state index contributed by atoms with van der Waals surface area (Å²) in [6.07, 6.45) is 2.38. The minimum Gasteiger partial charge on any atom is -0.495 e. The van der Waals surface area contributed by atoms with E-state index in [1.54, 1.807) is 12.1 Å². The number of rotatable bonds is 8. The van der Waals surface area contributed by atoms with Crippen LogP contribution in [0.2, 0.25) is 0 Å². The van der Waals surface area contributed by atoms with Gasteiger partial charge in [-0.15, -0.1) is 11.8 Å². The van der Waals surface area contributed by atoms with Crippen LogP contribution in [0.25, 0.3) is 0 Å². The van der Waals surface area contributed by atoms with Crippen molar-refractivity contribution in [1.29, 1.82) is 0 Å². The number of anilines is 1. The third kappa shape index (κ3) is 5.25. The van der Waals surface area contributed by atoms with E-state index in [4.69, 9.17) is 9.47 Å². The van der Waals surface area contributed by atoms with Gasteiger partial charge in [-0.3, -0.25) is 4.79 Å². The van der Waals surface area contributed by atoms with E-state index in [-0.39, 0.29) is 16.2 Å². The van der Waals surface area contributed by atoms with E-state index < -0.39 is 28.0 Å². The highest BCUT2D eigenvalue weighted by Crippen LogP contribution is 2.30. The van der Waals surface area contributed by atoms with E-state index in [2.05, 4.69) is 5.32 Å². The number of amides is 1. The molecule has 1 aliphatic rings. The third-order valence-corrected chi connectivity index (χ3v) is 7.82. The Morgan fingerprint density at radius 1 is 1.12 bits per heavy atom. The quantitative estimate of drug-likeness (QED) is 0.458. The average Bonchev–Trinajstić information content (AvgIpc) is 3.35. The fourth-order valence-corrected chi connectivity index (χ4v) is 5.59. The first-order valence-electron chi connectivity index (χ1n) is 10.1. The van der Waals surface area contributed by atoms with Crippen molar-refractivity contribution >= 4 is 39.3 Å². The van der Waals surface area contributed by atoms with Crippen molar-refractivity contribution in [2.45, 2.75) is 35.7 Å². The Hall–Kier alpha value is -2.56. The Balaban J connectivity index is 1.76. The molecule has 2 aromatic rings. The van der Waals surface area contributed by atoms with Crippen LogP contribution in [-0.4, -0.2) is 57.2 Å². The minimum absolute atomic E-state index is 0.0211. The molecule has 0 saturated carbocycles. The number of benzene rings is 2. The Morgan fingerprint density at radius 2 is 1.81 bits per heavy atom. The Labute approximate surface area is 192 Å². The van der Waals surface area contributed by atoms with Crippen LogP contribution in [0.1, 0.15) is 30.1 Å². The van der Waals surface area contributed by atoms with Crippen LogP contribution < -0.4 is 10.1 Å². The van der Waals surface area contributed by atoms with Crippen molar-refractivity contribution in [2.75, 3.05) is 31.8 Å². The van der Waals surface area contributed by atoms with Gasteiger partial charge < -0.3 is 14.8 Å². The summed E-state index contributed by atoms with van der Waals surface area (Å²) in [5.41, 5.74) is 0.643. The summed E-state index contributed by atoms with van der Waals surface area (Å²) in [6, 6.07) is 11.4. The Bertz CT molecular complexity index is 1100. The first-order valence-corrected chi connectivity index (χ1v) is 12.8. The predicted octanol–water partition coefficient (Wildman–Crippen LogP) is 3.39. The maximum Gasteiger partial charge on any atom is 0.338 e. The Kier molecular flexibility index (Phi) is 7.81. The summed E-state index contributed by atoms with van der Waals surface area (Å²) in [4.78, 5) is 26.0. The molecule has 3 rings (SSSR count). The number of hydrogen-bond acceptors (Lipinski definition) is 7. The van der Waals surface area contributed by atoms with Crippen LogP contribution in [-0.2, 0) is 19.6 Å². The molecule has 1 heterocycles. The van der Waals surface area contributed by atoms with Crippen LogP contribution in [0, 0.1) is 0 Å². The maximum atomic E-state index is 13.0. The number of thioether (sulfide) groups is 1. The van der Waals surface area contributed by atoms with Gasteiger partial charge in [0.05, 0.1) is 18.4 Å². The smallest absolute Gasteiger partial charge is 0.338 e. The zero-order chi connectivity index (χ0) is 23.3. The number of nitrogens with zero attached hydrogens (tertiary/aromatic N) is 1. The van der Waals surface area contributed by atoms with Crippen LogP contribution in [0.5, 0.6) is 5.75 Å². The van der Waals surface area contributed by atoms with Crippen molar-refractivity contribution in [2.24, 2.45) is 0 Å². The Morgan fingerprint density at radius 3 is 2.47 bits per heavy atom. The van der Waals surface area contributed by atoms with Crippen LogP contribution in [0.4, 0.5) is 5.69 Å². The van der Waals surface area contributed by atoms with Gasteiger partial charge in [0, 0.05) is 18.0 Å². The molecule has 32 heavy (non-hydrogen) atoms. The van der Waals surface area contributed by atoms with Gasteiger partial charge in [-0.2, -0.15) is 4.31 Å². The number of carbonyl (C=O) groups is 2. The first-order chi connectivity index (χ1) is 15.3. The van der Waals surface area contributed by atoms with Gasteiger partial charge in [0.15, 0.2) is 6.10 Å². The zero-order valence-corrected chi connectivity index (χ0v) is 19.8. The van der Waals surface area contributed by atoms with Gasteiger partial charge in [0.2, 0.25) is 10.0 Å². The van der Waals surface area contributed by atoms with Gasteiger partial charge >= 0.3 is 5.97 Å². The number of hydrogen-bond donors (Lipinski definition) is 1. The topological polar surface area (TPSA) is 102 Å². The van der Waals surface area contributed by atoms with Crippen molar-refractivity contribution in [3.05, 3.63) is 48.0 Å². The molecule has 8 nitrogen and oxygen atoms in total. The molecular formula is C22H26N2O6S2. The maximum absolute atomic E-state index is 13.0. The van der Waals surface area contributed by atoms with Gasteiger partial charge in [0.1, 0.15) is 10.6 Å². The highest BCUT2D eigenvalue weighted by atomic mass is 32.2. The number of sulfonamides is 1. The van der Waals surface area contributed by atoms with E-state index in [1.165, 1.54) is 48.3 Å². The SMILES string of the molecule is COc1ccc(C(=O)O[C@H](C)C(=O)Nc2ccccc2SC)cc1S(=O)(=O)N1CCCC1. The summed E-state index contributed by atoms with van der Waals surface area (Å²) >= 11 is 1.48. The molecule has 0 spiro atoms. The molecule has 1 saturated heterocycles. The van der Waals surface area contributed by atoms with Gasteiger partial charge in [-0.05, 0) is 56.4 Å². The zero-order valence-electron chi connectivity index (χ0n) is 18.2. The average molecular weight is 479 g/mol. The molecule has 1 aliphatic heterocycles. The van der Waals surface area contributed by atoms with Crippen LogP contribution in [0.15, 0.2) is 52.3 Å². The minimum atomic E-state index is -3.81. The second kappa shape index (κ2) is 10.4. The van der Waals surface area contributed by atoms with Gasteiger partial charge in [-0.1, -0.05) is 12.1 Å². The van der Waals surface area contributed by atoms with Gasteiger partial charge in [-0.25, -0.2) is 13.2 Å². The lowest BCUT2D eigenvalue weighted by atomic mass is 10.2. The summed E-state index contributed by atoms with van der Waals surface area (Å²) in [5, 5.41) is 2.75. The summed E-state index contributed by atoms with van der Waals surface area (Å²) in [6.45, 7) is 2.31. The van der Waals surface area contributed by atoms with Crippen molar-refractivity contribution in [3.63, 3.8) is 0 Å². The lowest BCUT2D eigenvalue weighted by molar-refractivity contribution is -0.123. The number of carbonyl (C=O) groups excluding carboxylic acids is 2. The van der Waals surface area contributed by atoms with E-state index in [0.717, 1.165) is 17.7 Å². The van der Waals surface area contributed by atoms with Crippen molar-refractivity contribution in [3.8, 4) is 5.75 Å². The number of nitrogens with one attached hydrogen (secondary N) is 1. The first kappa shape index (κ1) is 24.1. The monoisotopic (exact) mass is 478 g/mol. The number of ether oxygens (including phenoxy) is 2. The molecule has 1 amide bonds. The summed E-state index contributed by atoms with van der Waals surface area (Å²) < 4.78 is 37.9. The molecule has 0 unspecified atom stereocenters. The van der Waals surface area contributed by atoms with E-state index in [9.17, 15) is 18.0 Å². The third-order valence-electron chi connectivity index (χ3n) is 5.10. The molecule has 10 heteroatoms. The number of esters is 1. The van der Waals surface area contributed by atoms with Crippen molar-refractivity contribution < 1.29 is 27.5 Å². The molecule has 0 aromatic heterocycles.